The van der Waals surface area contributed by atoms with Gasteiger partial charge in [-0.05, 0) is 37.5 Å². The van der Waals surface area contributed by atoms with Crippen LogP contribution in [0.5, 0.6) is 0 Å². The van der Waals surface area contributed by atoms with Gasteiger partial charge in [-0.1, -0.05) is 6.42 Å². The quantitative estimate of drug-likeness (QED) is 0.483. The molecular weight excluding hydrogens is 160 g/mol. The Kier molecular flexibility index (Phi) is 1.64. The fraction of sp³-hybridized carbons (Fsp3) is 0.909. The van der Waals surface area contributed by atoms with Crippen molar-refractivity contribution in [1.29, 1.82) is 5.41 Å². The Morgan fingerprint density at radius 3 is 2.15 bits per heavy atom. The normalized spacial score (nSPS) is 38.0. The van der Waals surface area contributed by atoms with Gasteiger partial charge >= 0.3 is 0 Å². The van der Waals surface area contributed by atoms with E-state index in [-0.39, 0.29) is 0 Å². The number of hydrogen-bond donors (Lipinski definition) is 1. The smallest absolute Gasteiger partial charge is 0.0989 e. The maximum Gasteiger partial charge on any atom is 0.0989 e. The SMILES string of the molecule is N=C(C1CC1)N1CC2CCCC2C1. The summed E-state index contributed by atoms with van der Waals surface area (Å²) in [7, 11) is 0. The second-order valence-electron chi connectivity index (χ2n) is 5.02. The second-order valence-corrected chi connectivity index (χ2v) is 5.02. The van der Waals surface area contributed by atoms with Crippen LogP contribution in [0.2, 0.25) is 0 Å². The zero-order chi connectivity index (χ0) is 8.84. The third-order valence-electron chi connectivity index (χ3n) is 4.03. The summed E-state index contributed by atoms with van der Waals surface area (Å²) in [6.45, 7) is 2.42. The van der Waals surface area contributed by atoms with E-state index in [4.69, 9.17) is 5.41 Å². The van der Waals surface area contributed by atoms with Crippen LogP contribution in [0.25, 0.3) is 0 Å². The molecule has 2 aliphatic carbocycles. The van der Waals surface area contributed by atoms with Gasteiger partial charge in [-0.25, -0.2) is 0 Å². The number of rotatable bonds is 1. The summed E-state index contributed by atoms with van der Waals surface area (Å²) < 4.78 is 0. The highest BCUT2D eigenvalue weighted by molar-refractivity contribution is 5.84. The van der Waals surface area contributed by atoms with Gasteiger partial charge in [-0.2, -0.15) is 0 Å². The van der Waals surface area contributed by atoms with Crippen LogP contribution in [0.1, 0.15) is 32.1 Å². The highest BCUT2D eigenvalue weighted by Crippen LogP contribution is 2.40. The van der Waals surface area contributed by atoms with E-state index in [0.717, 1.165) is 17.7 Å². The van der Waals surface area contributed by atoms with Gasteiger partial charge in [0.15, 0.2) is 0 Å². The molecule has 72 valence electrons. The molecule has 2 heteroatoms. The summed E-state index contributed by atoms with van der Waals surface area (Å²) in [6, 6.07) is 0. The van der Waals surface area contributed by atoms with E-state index in [1.165, 1.54) is 45.2 Å². The molecule has 1 heterocycles. The number of hydrogen-bond acceptors (Lipinski definition) is 1. The first-order valence-corrected chi connectivity index (χ1v) is 5.68. The van der Waals surface area contributed by atoms with Crippen molar-refractivity contribution in [2.75, 3.05) is 13.1 Å². The van der Waals surface area contributed by atoms with Crippen LogP contribution in [0.3, 0.4) is 0 Å². The number of likely N-dealkylation sites (tertiary alicyclic amines) is 1. The van der Waals surface area contributed by atoms with Crippen molar-refractivity contribution >= 4 is 5.84 Å². The summed E-state index contributed by atoms with van der Waals surface area (Å²) in [5, 5.41) is 8.01. The Bertz CT molecular complexity index is 220. The molecule has 0 aromatic rings. The molecule has 0 bridgehead atoms. The largest absolute Gasteiger partial charge is 0.360 e. The Morgan fingerprint density at radius 1 is 1.00 bits per heavy atom. The molecule has 3 fully saturated rings. The molecule has 1 saturated heterocycles. The van der Waals surface area contributed by atoms with Crippen LogP contribution in [0.15, 0.2) is 0 Å². The first-order valence-electron chi connectivity index (χ1n) is 5.68. The Labute approximate surface area is 79.8 Å². The van der Waals surface area contributed by atoms with Gasteiger partial charge in [0.2, 0.25) is 0 Å². The maximum atomic E-state index is 8.01. The highest BCUT2D eigenvalue weighted by atomic mass is 15.2. The van der Waals surface area contributed by atoms with E-state index in [9.17, 15) is 0 Å². The Hall–Kier alpha value is -0.530. The van der Waals surface area contributed by atoms with Crippen LogP contribution in [0, 0.1) is 23.2 Å². The lowest BCUT2D eigenvalue weighted by atomic mass is 10.0. The molecule has 0 spiro atoms. The van der Waals surface area contributed by atoms with Crippen LogP contribution >= 0.6 is 0 Å². The molecule has 13 heavy (non-hydrogen) atoms. The highest BCUT2D eigenvalue weighted by Gasteiger charge is 2.40. The van der Waals surface area contributed by atoms with E-state index in [0.29, 0.717) is 5.92 Å². The number of amidine groups is 1. The van der Waals surface area contributed by atoms with Gasteiger partial charge in [0, 0.05) is 19.0 Å². The van der Waals surface area contributed by atoms with Gasteiger partial charge in [0.05, 0.1) is 5.84 Å². The van der Waals surface area contributed by atoms with Crippen molar-refractivity contribution in [2.45, 2.75) is 32.1 Å². The first-order chi connectivity index (χ1) is 6.34. The minimum absolute atomic E-state index is 0.652. The molecule has 1 N–H and O–H groups in total. The molecule has 1 aliphatic heterocycles. The molecule has 2 unspecified atom stereocenters. The van der Waals surface area contributed by atoms with E-state index < -0.39 is 0 Å². The molecule has 3 rings (SSSR count). The zero-order valence-corrected chi connectivity index (χ0v) is 8.13. The first kappa shape index (κ1) is 7.84. The number of nitrogens with one attached hydrogen (secondary N) is 1. The number of fused-ring (bicyclic) bond motifs is 1. The topological polar surface area (TPSA) is 27.1 Å². The van der Waals surface area contributed by atoms with Crippen molar-refractivity contribution in [3.8, 4) is 0 Å². The third-order valence-corrected chi connectivity index (χ3v) is 4.03. The van der Waals surface area contributed by atoms with Crippen molar-refractivity contribution in [3.63, 3.8) is 0 Å². The molecule has 0 radical (unpaired) electrons. The van der Waals surface area contributed by atoms with Crippen LogP contribution in [-0.4, -0.2) is 23.8 Å². The van der Waals surface area contributed by atoms with Gasteiger partial charge in [0.1, 0.15) is 0 Å². The summed E-state index contributed by atoms with van der Waals surface area (Å²) >= 11 is 0. The van der Waals surface area contributed by atoms with Crippen molar-refractivity contribution in [1.82, 2.24) is 4.90 Å². The van der Waals surface area contributed by atoms with Gasteiger partial charge < -0.3 is 4.90 Å². The molecular formula is C11H18N2. The van der Waals surface area contributed by atoms with E-state index in [1.807, 2.05) is 0 Å². The molecule has 2 saturated carbocycles. The summed E-state index contributed by atoms with van der Waals surface area (Å²) in [5.41, 5.74) is 0. The number of nitrogens with zero attached hydrogens (tertiary/aromatic N) is 1. The molecule has 0 aromatic heterocycles. The molecule has 0 amide bonds. The minimum Gasteiger partial charge on any atom is -0.360 e. The van der Waals surface area contributed by atoms with Crippen LogP contribution in [0.4, 0.5) is 0 Å². The predicted molar refractivity (Wildman–Crippen MR) is 52.9 cm³/mol. The third kappa shape index (κ3) is 1.27. The maximum absolute atomic E-state index is 8.01. The monoisotopic (exact) mass is 178 g/mol. The fourth-order valence-corrected chi connectivity index (χ4v) is 3.05. The average Bonchev–Trinajstić information content (AvgIpc) is 2.73. The van der Waals surface area contributed by atoms with Crippen LogP contribution in [-0.2, 0) is 0 Å². The molecule has 3 aliphatic rings. The van der Waals surface area contributed by atoms with Crippen molar-refractivity contribution < 1.29 is 0 Å². The van der Waals surface area contributed by atoms with Gasteiger partial charge in [-0.15, -0.1) is 0 Å². The van der Waals surface area contributed by atoms with E-state index in [1.54, 1.807) is 0 Å². The lowest BCUT2D eigenvalue weighted by molar-refractivity contribution is 0.449. The van der Waals surface area contributed by atoms with Crippen molar-refractivity contribution in [3.05, 3.63) is 0 Å². The van der Waals surface area contributed by atoms with Gasteiger partial charge in [-0.3, -0.25) is 5.41 Å². The average molecular weight is 178 g/mol. The predicted octanol–water partition coefficient (Wildman–Crippen LogP) is 2.11. The minimum atomic E-state index is 0.652. The van der Waals surface area contributed by atoms with Gasteiger partial charge in [0.25, 0.3) is 0 Å². The molecule has 0 aromatic carbocycles. The second kappa shape index (κ2) is 2.73. The van der Waals surface area contributed by atoms with Crippen LogP contribution < -0.4 is 0 Å². The van der Waals surface area contributed by atoms with Crippen molar-refractivity contribution in [2.24, 2.45) is 17.8 Å². The Balaban J connectivity index is 1.65. The Morgan fingerprint density at radius 2 is 1.62 bits per heavy atom. The summed E-state index contributed by atoms with van der Waals surface area (Å²) in [4.78, 5) is 2.37. The fourth-order valence-electron chi connectivity index (χ4n) is 3.05. The summed E-state index contributed by atoms with van der Waals surface area (Å²) in [5.74, 6) is 3.51. The molecule has 2 nitrogen and oxygen atoms in total. The van der Waals surface area contributed by atoms with E-state index >= 15 is 0 Å². The zero-order valence-electron chi connectivity index (χ0n) is 8.13. The lowest BCUT2D eigenvalue weighted by Gasteiger charge is -2.19. The standard InChI is InChI=1S/C11H18N2/c12-11(8-4-5-8)13-6-9-2-1-3-10(9)7-13/h8-10,12H,1-7H2. The molecule has 2 atom stereocenters. The summed E-state index contributed by atoms with van der Waals surface area (Å²) in [6.07, 6.45) is 6.87. The van der Waals surface area contributed by atoms with E-state index in [2.05, 4.69) is 4.90 Å². The lowest BCUT2D eigenvalue weighted by Crippen LogP contribution is -2.30.